The molecular formula is C18H16F2N8O2S. The number of nitrogens with zero attached hydrogens (tertiary/aromatic N) is 5. The fourth-order valence-corrected chi connectivity index (χ4v) is 3.38. The fourth-order valence-electron chi connectivity index (χ4n) is 2.76. The van der Waals surface area contributed by atoms with Gasteiger partial charge in [-0.05, 0) is 24.3 Å². The first-order valence-corrected chi connectivity index (χ1v) is 10.3. The Morgan fingerprint density at radius 3 is 2.65 bits per heavy atom. The Morgan fingerprint density at radius 2 is 1.87 bits per heavy atom. The highest BCUT2D eigenvalue weighted by molar-refractivity contribution is 7.90. The molecule has 3 heterocycles. The van der Waals surface area contributed by atoms with E-state index >= 15 is 4.39 Å². The molecule has 0 bridgehead atoms. The molecule has 0 aliphatic heterocycles. The maximum absolute atomic E-state index is 15.0. The Morgan fingerprint density at radius 1 is 1.06 bits per heavy atom. The number of anilines is 3. The summed E-state index contributed by atoms with van der Waals surface area (Å²) in [5.41, 5.74) is 0.784. The van der Waals surface area contributed by atoms with Gasteiger partial charge in [-0.3, -0.25) is 4.72 Å². The third-order valence-corrected chi connectivity index (χ3v) is 5.78. The van der Waals surface area contributed by atoms with Crippen LogP contribution < -0.4 is 10.0 Å². The Kier molecular flexibility index (Phi) is 5.20. The molecule has 160 valence electrons. The van der Waals surface area contributed by atoms with Crippen molar-refractivity contribution in [1.82, 2.24) is 29.2 Å². The molecule has 0 fully saturated rings. The van der Waals surface area contributed by atoms with Crippen molar-refractivity contribution in [1.29, 1.82) is 0 Å². The Labute approximate surface area is 175 Å². The summed E-state index contributed by atoms with van der Waals surface area (Å²) in [5, 5.41) is 2.62. The zero-order valence-corrected chi connectivity index (χ0v) is 17.1. The molecule has 3 N–H and O–H groups in total. The molecule has 0 spiro atoms. The van der Waals surface area contributed by atoms with Gasteiger partial charge >= 0.3 is 10.2 Å². The lowest BCUT2D eigenvalue weighted by Gasteiger charge is -2.17. The number of imidazole rings is 1. The first-order chi connectivity index (χ1) is 14.8. The number of aromatic nitrogens is 5. The lowest BCUT2D eigenvalue weighted by molar-refractivity contribution is 0.525. The summed E-state index contributed by atoms with van der Waals surface area (Å²) in [5.74, 6) is -1.96. The number of fused-ring (bicyclic) bond motifs is 1. The molecule has 4 rings (SSSR count). The van der Waals surface area contributed by atoms with Crippen LogP contribution in [0.1, 0.15) is 0 Å². The monoisotopic (exact) mass is 446 g/mol. The van der Waals surface area contributed by atoms with Crippen molar-refractivity contribution >= 4 is 38.6 Å². The molecule has 10 nitrogen and oxygen atoms in total. The van der Waals surface area contributed by atoms with E-state index in [1.54, 1.807) is 12.1 Å². The van der Waals surface area contributed by atoms with E-state index in [-0.39, 0.29) is 5.82 Å². The van der Waals surface area contributed by atoms with Crippen LogP contribution in [-0.4, -0.2) is 51.7 Å². The van der Waals surface area contributed by atoms with Crippen LogP contribution in [0.5, 0.6) is 0 Å². The summed E-state index contributed by atoms with van der Waals surface area (Å²) in [7, 11) is -1.44. The lowest BCUT2D eigenvalue weighted by Crippen LogP contribution is -2.29. The molecule has 1 aromatic carbocycles. The molecule has 4 aromatic rings. The van der Waals surface area contributed by atoms with Gasteiger partial charge in [0.1, 0.15) is 34.9 Å². The Balaban J connectivity index is 1.78. The van der Waals surface area contributed by atoms with Gasteiger partial charge in [0.25, 0.3) is 0 Å². The van der Waals surface area contributed by atoms with Crippen LogP contribution in [0, 0.1) is 11.6 Å². The highest BCUT2D eigenvalue weighted by Gasteiger charge is 2.21. The highest BCUT2D eigenvalue weighted by atomic mass is 32.2. The highest BCUT2D eigenvalue weighted by Crippen LogP contribution is 2.34. The minimum Gasteiger partial charge on any atom is -0.341 e. The van der Waals surface area contributed by atoms with E-state index in [1.807, 2.05) is 0 Å². The number of pyridine rings is 1. The lowest BCUT2D eigenvalue weighted by atomic mass is 10.1. The molecule has 0 radical (unpaired) electrons. The van der Waals surface area contributed by atoms with Crippen LogP contribution in [0.3, 0.4) is 0 Å². The minimum atomic E-state index is -4.00. The Bertz CT molecular complexity index is 1370. The van der Waals surface area contributed by atoms with Gasteiger partial charge < -0.3 is 10.3 Å². The average molecular weight is 446 g/mol. The largest absolute Gasteiger partial charge is 0.341 e. The summed E-state index contributed by atoms with van der Waals surface area (Å²) in [6.45, 7) is 0. The molecule has 3 aromatic heterocycles. The third kappa shape index (κ3) is 3.87. The molecule has 0 saturated carbocycles. The molecule has 0 atom stereocenters. The predicted octanol–water partition coefficient (Wildman–Crippen LogP) is 2.66. The molecule has 0 amide bonds. The zero-order chi connectivity index (χ0) is 22.2. The quantitative estimate of drug-likeness (QED) is 0.415. The number of H-pyrrole nitrogens is 1. The normalized spacial score (nSPS) is 11.8. The second-order valence-electron chi connectivity index (χ2n) is 6.52. The van der Waals surface area contributed by atoms with Crippen LogP contribution in [0.15, 0.2) is 43.1 Å². The van der Waals surface area contributed by atoms with Gasteiger partial charge in [0.05, 0.1) is 12.0 Å². The minimum absolute atomic E-state index is 0.0996. The van der Waals surface area contributed by atoms with Gasteiger partial charge in [-0.1, -0.05) is 0 Å². The molecule has 0 aliphatic carbocycles. The third-order valence-electron chi connectivity index (χ3n) is 4.34. The van der Waals surface area contributed by atoms with Crippen molar-refractivity contribution < 1.29 is 17.2 Å². The van der Waals surface area contributed by atoms with Gasteiger partial charge in [-0.15, -0.1) is 0 Å². The van der Waals surface area contributed by atoms with Gasteiger partial charge in [-0.2, -0.15) is 12.7 Å². The first kappa shape index (κ1) is 20.6. The number of benzene rings is 1. The number of rotatable bonds is 6. The van der Waals surface area contributed by atoms with Crippen molar-refractivity contribution in [2.45, 2.75) is 0 Å². The molecule has 0 aliphatic rings. The van der Waals surface area contributed by atoms with Crippen LogP contribution >= 0.6 is 0 Å². The standard InChI is InChI=1S/C18H16F2N8O2S/c1-28(2)31(29,30)27-12-6-5-11(19)15(13(12)20)26-17-10(4-3-7-21-17)14-16-18(24-8-22-14)25-9-23-16/h3-9,27H,1-2H3,(H,21,26)(H,22,23,24,25). The predicted molar refractivity (Wildman–Crippen MR) is 111 cm³/mol. The molecule has 13 heteroatoms. The number of nitrogens with one attached hydrogen (secondary N) is 3. The molecular weight excluding hydrogens is 430 g/mol. The smallest absolute Gasteiger partial charge is 0.301 e. The van der Waals surface area contributed by atoms with E-state index in [0.29, 0.717) is 22.4 Å². The maximum Gasteiger partial charge on any atom is 0.301 e. The van der Waals surface area contributed by atoms with Crippen molar-refractivity contribution in [2.75, 3.05) is 24.1 Å². The molecule has 0 saturated heterocycles. The number of hydrogen-bond acceptors (Lipinski definition) is 7. The summed E-state index contributed by atoms with van der Waals surface area (Å²) in [6.07, 6.45) is 4.20. The van der Waals surface area contributed by atoms with E-state index in [0.717, 1.165) is 16.4 Å². The van der Waals surface area contributed by atoms with E-state index in [9.17, 15) is 12.8 Å². The maximum atomic E-state index is 15.0. The van der Waals surface area contributed by atoms with Crippen molar-refractivity contribution in [3.8, 4) is 11.3 Å². The number of halogens is 2. The van der Waals surface area contributed by atoms with E-state index in [4.69, 9.17) is 0 Å². The average Bonchev–Trinajstić information content (AvgIpc) is 3.22. The van der Waals surface area contributed by atoms with Crippen LogP contribution in [-0.2, 0) is 10.2 Å². The second-order valence-corrected chi connectivity index (χ2v) is 8.41. The van der Waals surface area contributed by atoms with Gasteiger partial charge in [0.15, 0.2) is 11.5 Å². The zero-order valence-electron chi connectivity index (χ0n) is 16.3. The van der Waals surface area contributed by atoms with Crippen molar-refractivity contribution in [2.24, 2.45) is 0 Å². The van der Waals surface area contributed by atoms with Crippen LogP contribution in [0.4, 0.5) is 26.0 Å². The van der Waals surface area contributed by atoms with Crippen LogP contribution in [0.25, 0.3) is 22.4 Å². The van der Waals surface area contributed by atoms with Crippen molar-refractivity contribution in [3.63, 3.8) is 0 Å². The summed E-state index contributed by atoms with van der Waals surface area (Å²) >= 11 is 0. The van der Waals surface area contributed by atoms with Crippen LogP contribution in [0.2, 0.25) is 0 Å². The van der Waals surface area contributed by atoms with E-state index in [1.165, 1.54) is 32.9 Å². The fraction of sp³-hybridized carbons (Fsp3) is 0.111. The van der Waals surface area contributed by atoms with Gasteiger partial charge in [0.2, 0.25) is 0 Å². The van der Waals surface area contributed by atoms with Gasteiger partial charge in [0, 0.05) is 25.9 Å². The van der Waals surface area contributed by atoms with E-state index < -0.39 is 33.2 Å². The SMILES string of the molecule is CN(C)S(=O)(=O)Nc1ccc(F)c(Nc2ncccc2-c2ncnc3nc[nH]c23)c1F. The second kappa shape index (κ2) is 7.85. The number of aromatic amines is 1. The summed E-state index contributed by atoms with van der Waals surface area (Å²) in [4.78, 5) is 19.4. The topological polar surface area (TPSA) is 129 Å². The summed E-state index contributed by atoms with van der Waals surface area (Å²) in [6, 6.07) is 5.24. The van der Waals surface area contributed by atoms with Gasteiger partial charge in [-0.25, -0.2) is 28.7 Å². The molecule has 0 unspecified atom stereocenters. The Hall–Kier alpha value is -3.71. The summed E-state index contributed by atoms with van der Waals surface area (Å²) < 4.78 is 56.5. The molecule has 31 heavy (non-hydrogen) atoms. The first-order valence-electron chi connectivity index (χ1n) is 8.82. The van der Waals surface area contributed by atoms with Crippen molar-refractivity contribution in [3.05, 3.63) is 54.8 Å². The van der Waals surface area contributed by atoms with E-state index in [2.05, 4.69) is 35.0 Å². The number of hydrogen-bond donors (Lipinski definition) is 3.